The van der Waals surface area contributed by atoms with Crippen LogP contribution < -0.4 is 5.32 Å². The first kappa shape index (κ1) is 22.2. The quantitative estimate of drug-likeness (QED) is 0.593. The Bertz CT molecular complexity index is 1250. The summed E-state index contributed by atoms with van der Waals surface area (Å²) in [6.45, 7) is 3.08. The van der Waals surface area contributed by atoms with E-state index in [1.165, 1.54) is 6.92 Å². The molecule has 0 aliphatic heterocycles. The van der Waals surface area contributed by atoms with Crippen molar-refractivity contribution in [2.75, 3.05) is 11.1 Å². The Morgan fingerprint density at radius 2 is 1.72 bits per heavy atom. The molecular formula is C26H27NO4S. The van der Waals surface area contributed by atoms with Crippen LogP contribution in [0, 0.1) is 0 Å². The predicted molar refractivity (Wildman–Crippen MR) is 126 cm³/mol. The maximum atomic E-state index is 12.2. The van der Waals surface area contributed by atoms with Crippen molar-refractivity contribution in [2.45, 2.75) is 43.6 Å². The zero-order valence-corrected chi connectivity index (χ0v) is 19.1. The van der Waals surface area contributed by atoms with E-state index in [1.807, 2.05) is 42.5 Å². The number of hydrogen-bond acceptors (Lipinski definition) is 4. The van der Waals surface area contributed by atoms with Gasteiger partial charge in [-0.05, 0) is 59.7 Å². The summed E-state index contributed by atoms with van der Waals surface area (Å²) < 4.78 is 24.5. The largest absolute Gasteiger partial charge is 0.380 e. The Kier molecular flexibility index (Phi) is 5.93. The summed E-state index contributed by atoms with van der Waals surface area (Å²) in [5.41, 5.74) is 3.79. The van der Waals surface area contributed by atoms with Crippen molar-refractivity contribution in [3.63, 3.8) is 0 Å². The first-order valence-electron chi connectivity index (χ1n) is 10.8. The van der Waals surface area contributed by atoms with E-state index in [2.05, 4.69) is 5.32 Å². The molecule has 3 aromatic carbocycles. The van der Waals surface area contributed by atoms with Crippen LogP contribution in [0.1, 0.15) is 43.4 Å². The molecule has 5 nitrogen and oxygen atoms in total. The van der Waals surface area contributed by atoms with Crippen LogP contribution in [0.3, 0.4) is 0 Å². The molecule has 166 valence electrons. The third-order valence-electron chi connectivity index (χ3n) is 6.17. The standard InChI is InChI=1S/C26H27NO4S/c1-3-32(30,31)21-13-11-19(12-14-21)25-22-10-7-17-26(29,20-8-5-4-6-9-20)23(22)15-16-24(25)27-18(2)28/h4-6,8-9,11-16,29H,3,7,10,17H2,1-2H3,(H,27,28). The molecule has 0 radical (unpaired) electrons. The number of aliphatic hydroxyl groups is 1. The molecule has 1 unspecified atom stereocenters. The molecule has 1 amide bonds. The fraction of sp³-hybridized carbons (Fsp3) is 0.269. The molecule has 2 N–H and O–H groups in total. The molecule has 0 aromatic heterocycles. The van der Waals surface area contributed by atoms with Crippen LogP contribution in [-0.2, 0) is 26.7 Å². The molecule has 4 rings (SSSR count). The summed E-state index contributed by atoms with van der Waals surface area (Å²) in [6, 6.07) is 20.1. The minimum atomic E-state index is -3.31. The topological polar surface area (TPSA) is 83.5 Å². The summed E-state index contributed by atoms with van der Waals surface area (Å²) in [4.78, 5) is 12.2. The van der Waals surface area contributed by atoms with E-state index in [4.69, 9.17) is 0 Å². The van der Waals surface area contributed by atoms with Gasteiger partial charge in [0.2, 0.25) is 5.91 Å². The summed E-state index contributed by atoms with van der Waals surface area (Å²) >= 11 is 0. The summed E-state index contributed by atoms with van der Waals surface area (Å²) in [7, 11) is -3.31. The molecular weight excluding hydrogens is 422 g/mol. The Balaban J connectivity index is 1.92. The number of benzene rings is 3. The van der Waals surface area contributed by atoms with Crippen LogP contribution in [0.2, 0.25) is 0 Å². The normalized spacial score (nSPS) is 18.1. The van der Waals surface area contributed by atoms with Gasteiger partial charge in [-0.1, -0.05) is 55.5 Å². The summed E-state index contributed by atoms with van der Waals surface area (Å²) in [5.74, 6) is -0.153. The van der Waals surface area contributed by atoms with Gasteiger partial charge in [0.1, 0.15) is 5.60 Å². The van der Waals surface area contributed by atoms with Crippen LogP contribution in [0.5, 0.6) is 0 Å². The van der Waals surface area contributed by atoms with Crippen LogP contribution >= 0.6 is 0 Å². The van der Waals surface area contributed by atoms with Crippen molar-refractivity contribution in [2.24, 2.45) is 0 Å². The first-order valence-corrected chi connectivity index (χ1v) is 12.5. The van der Waals surface area contributed by atoms with Crippen LogP contribution in [0.15, 0.2) is 71.6 Å². The molecule has 1 aliphatic rings. The van der Waals surface area contributed by atoms with Gasteiger partial charge in [0.25, 0.3) is 0 Å². The number of amides is 1. The van der Waals surface area contributed by atoms with Gasteiger partial charge in [-0.15, -0.1) is 0 Å². The maximum Gasteiger partial charge on any atom is 0.221 e. The number of nitrogens with one attached hydrogen (secondary N) is 1. The number of rotatable bonds is 5. The number of anilines is 1. The van der Waals surface area contributed by atoms with Gasteiger partial charge in [-0.2, -0.15) is 0 Å². The highest BCUT2D eigenvalue weighted by Gasteiger charge is 2.37. The molecule has 1 aliphatic carbocycles. The fourth-order valence-electron chi connectivity index (χ4n) is 4.58. The average molecular weight is 450 g/mol. The smallest absolute Gasteiger partial charge is 0.221 e. The van der Waals surface area contributed by atoms with Crippen molar-refractivity contribution in [3.8, 4) is 11.1 Å². The monoisotopic (exact) mass is 449 g/mol. The van der Waals surface area contributed by atoms with Crippen molar-refractivity contribution in [1.82, 2.24) is 0 Å². The highest BCUT2D eigenvalue weighted by molar-refractivity contribution is 7.91. The third-order valence-corrected chi connectivity index (χ3v) is 7.92. The molecule has 32 heavy (non-hydrogen) atoms. The predicted octanol–water partition coefficient (Wildman–Crippen LogP) is 4.68. The van der Waals surface area contributed by atoms with E-state index in [-0.39, 0.29) is 16.6 Å². The lowest BCUT2D eigenvalue weighted by atomic mass is 9.73. The van der Waals surface area contributed by atoms with E-state index in [9.17, 15) is 18.3 Å². The Morgan fingerprint density at radius 3 is 2.34 bits per heavy atom. The molecule has 0 saturated carbocycles. The van der Waals surface area contributed by atoms with Crippen molar-refractivity contribution < 1.29 is 18.3 Å². The Hall–Kier alpha value is -2.96. The van der Waals surface area contributed by atoms with Gasteiger partial charge < -0.3 is 10.4 Å². The summed E-state index contributed by atoms with van der Waals surface area (Å²) in [5, 5.41) is 14.7. The summed E-state index contributed by atoms with van der Waals surface area (Å²) in [6.07, 6.45) is 2.15. The molecule has 0 bridgehead atoms. The SMILES string of the molecule is CCS(=O)(=O)c1ccc(-c2c(NC(C)=O)ccc3c2CCCC3(O)c2ccccc2)cc1. The van der Waals surface area contributed by atoms with Crippen LogP contribution in [-0.4, -0.2) is 25.2 Å². The average Bonchev–Trinajstić information content (AvgIpc) is 2.79. The Labute approximate surface area is 189 Å². The van der Waals surface area contributed by atoms with E-state index >= 15 is 0 Å². The second-order valence-electron chi connectivity index (χ2n) is 8.20. The van der Waals surface area contributed by atoms with Crippen molar-refractivity contribution in [3.05, 3.63) is 83.4 Å². The fourth-order valence-corrected chi connectivity index (χ4v) is 5.47. The molecule has 3 aromatic rings. The highest BCUT2D eigenvalue weighted by atomic mass is 32.2. The first-order chi connectivity index (χ1) is 15.3. The second kappa shape index (κ2) is 8.52. The molecule has 0 fully saturated rings. The Morgan fingerprint density at radius 1 is 1.03 bits per heavy atom. The van der Waals surface area contributed by atoms with Crippen LogP contribution in [0.25, 0.3) is 11.1 Å². The van der Waals surface area contributed by atoms with E-state index in [0.29, 0.717) is 12.1 Å². The lowest BCUT2D eigenvalue weighted by Gasteiger charge is -2.37. The van der Waals surface area contributed by atoms with E-state index < -0.39 is 15.4 Å². The number of sulfone groups is 1. The minimum absolute atomic E-state index is 0.0360. The molecule has 0 saturated heterocycles. The molecule has 0 heterocycles. The van der Waals surface area contributed by atoms with E-state index in [0.717, 1.165) is 40.7 Å². The molecule has 1 atom stereocenters. The van der Waals surface area contributed by atoms with Gasteiger partial charge in [0.15, 0.2) is 9.84 Å². The second-order valence-corrected chi connectivity index (χ2v) is 10.5. The zero-order valence-electron chi connectivity index (χ0n) is 18.3. The van der Waals surface area contributed by atoms with Gasteiger partial charge in [0.05, 0.1) is 10.6 Å². The maximum absolute atomic E-state index is 12.2. The number of hydrogen-bond donors (Lipinski definition) is 2. The van der Waals surface area contributed by atoms with Gasteiger partial charge in [-0.3, -0.25) is 4.79 Å². The lowest BCUT2D eigenvalue weighted by Crippen LogP contribution is -2.32. The number of carbonyl (C=O) groups excluding carboxylic acids is 1. The third kappa shape index (κ3) is 3.96. The molecule has 0 spiro atoms. The lowest BCUT2D eigenvalue weighted by molar-refractivity contribution is -0.114. The zero-order chi connectivity index (χ0) is 22.9. The van der Waals surface area contributed by atoms with E-state index in [1.54, 1.807) is 31.2 Å². The van der Waals surface area contributed by atoms with Gasteiger partial charge in [-0.25, -0.2) is 8.42 Å². The number of carbonyl (C=O) groups is 1. The minimum Gasteiger partial charge on any atom is -0.380 e. The van der Waals surface area contributed by atoms with Crippen molar-refractivity contribution in [1.29, 1.82) is 0 Å². The number of fused-ring (bicyclic) bond motifs is 1. The highest BCUT2D eigenvalue weighted by Crippen LogP contribution is 2.46. The van der Waals surface area contributed by atoms with Gasteiger partial charge in [0, 0.05) is 18.2 Å². The van der Waals surface area contributed by atoms with Crippen LogP contribution in [0.4, 0.5) is 5.69 Å². The van der Waals surface area contributed by atoms with Gasteiger partial charge >= 0.3 is 0 Å². The molecule has 6 heteroatoms. The van der Waals surface area contributed by atoms with Crippen molar-refractivity contribution >= 4 is 21.4 Å².